The van der Waals surface area contributed by atoms with Gasteiger partial charge in [0.05, 0.1) is 6.61 Å². The number of rotatable bonds is 4. The van der Waals surface area contributed by atoms with Crippen molar-refractivity contribution in [3.63, 3.8) is 0 Å². The Morgan fingerprint density at radius 3 is 3.00 bits per heavy atom. The maximum absolute atomic E-state index is 5.90. The Morgan fingerprint density at radius 1 is 1.50 bits per heavy atom. The molecule has 0 saturated carbocycles. The van der Waals surface area contributed by atoms with Crippen molar-refractivity contribution in [1.29, 1.82) is 0 Å². The van der Waals surface area contributed by atoms with E-state index in [0.29, 0.717) is 23.8 Å². The molecule has 6 heteroatoms. The molecule has 4 nitrogen and oxygen atoms in total. The number of nitrogens with one attached hydrogen (secondary N) is 1. The largest absolute Gasteiger partial charge is 0.463 e. The molecule has 1 unspecified atom stereocenters. The van der Waals surface area contributed by atoms with Crippen LogP contribution < -0.4 is 10.1 Å². The molecule has 1 aromatic heterocycles. The van der Waals surface area contributed by atoms with Crippen LogP contribution >= 0.6 is 24.0 Å². The molecule has 18 heavy (non-hydrogen) atoms. The third-order valence-electron chi connectivity index (χ3n) is 3.00. The molecular formula is C12H19Cl2N3O. The van der Waals surface area contributed by atoms with Crippen molar-refractivity contribution in [2.45, 2.75) is 38.6 Å². The zero-order valence-electron chi connectivity index (χ0n) is 10.5. The first kappa shape index (κ1) is 15.5. The summed E-state index contributed by atoms with van der Waals surface area (Å²) in [6, 6.07) is 0.945. The summed E-state index contributed by atoms with van der Waals surface area (Å²) in [4.78, 5) is 8.15. The summed E-state index contributed by atoms with van der Waals surface area (Å²) < 4.78 is 5.50. The second-order valence-electron chi connectivity index (χ2n) is 4.41. The molecule has 1 aromatic rings. The lowest BCUT2D eigenvalue weighted by atomic mass is 10.0. The van der Waals surface area contributed by atoms with Crippen LogP contribution in [0.1, 0.15) is 31.2 Å². The van der Waals surface area contributed by atoms with E-state index in [-0.39, 0.29) is 12.4 Å². The van der Waals surface area contributed by atoms with Crippen LogP contribution in [0.4, 0.5) is 0 Å². The Hall–Kier alpha value is -0.580. The van der Waals surface area contributed by atoms with Crippen molar-refractivity contribution < 1.29 is 4.74 Å². The van der Waals surface area contributed by atoms with Crippen LogP contribution in [-0.4, -0.2) is 29.2 Å². The quantitative estimate of drug-likeness (QED) is 0.867. The maximum atomic E-state index is 5.90. The van der Waals surface area contributed by atoms with Crippen LogP contribution in [0.15, 0.2) is 6.20 Å². The number of piperidine rings is 1. The summed E-state index contributed by atoms with van der Waals surface area (Å²) in [6.45, 7) is 3.63. The van der Waals surface area contributed by atoms with Gasteiger partial charge >= 0.3 is 6.01 Å². The number of halogens is 2. The summed E-state index contributed by atoms with van der Waals surface area (Å²) in [5, 5.41) is 3.94. The zero-order chi connectivity index (χ0) is 12.1. The minimum Gasteiger partial charge on any atom is -0.463 e. The summed E-state index contributed by atoms with van der Waals surface area (Å²) in [6.07, 6.45) is 6.51. The van der Waals surface area contributed by atoms with Crippen LogP contribution in [0.3, 0.4) is 0 Å². The zero-order valence-corrected chi connectivity index (χ0v) is 12.1. The van der Waals surface area contributed by atoms with Gasteiger partial charge in [-0.05, 0) is 32.7 Å². The SMILES string of the molecule is Cc1cnc(OCCC2CCCCN2)nc1Cl.Cl. The number of hydrogen-bond acceptors (Lipinski definition) is 4. The molecule has 1 saturated heterocycles. The topological polar surface area (TPSA) is 47.0 Å². The first-order chi connectivity index (χ1) is 8.25. The molecule has 0 bridgehead atoms. The van der Waals surface area contributed by atoms with E-state index in [4.69, 9.17) is 16.3 Å². The lowest BCUT2D eigenvalue weighted by molar-refractivity contribution is 0.252. The van der Waals surface area contributed by atoms with Crippen LogP contribution in [0.5, 0.6) is 6.01 Å². The molecule has 1 N–H and O–H groups in total. The third kappa shape index (κ3) is 4.59. The van der Waals surface area contributed by atoms with Gasteiger partial charge in [-0.25, -0.2) is 4.98 Å². The molecule has 2 rings (SSSR count). The van der Waals surface area contributed by atoms with E-state index in [1.54, 1.807) is 6.20 Å². The number of ether oxygens (including phenoxy) is 1. The predicted molar refractivity (Wildman–Crippen MR) is 74.8 cm³/mol. The number of hydrogen-bond donors (Lipinski definition) is 1. The Bertz CT molecular complexity index is 370. The highest BCUT2D eigenvalue weighted by Crippen LogP contribution is 2.14. The fourth-order valence-corrected chi connectivity index (χ4v) is 2.06. The number of nitrogens with zero attached hydrogens (tertiary/aromatic N) is 2. The lowest BCUT2D eigenvalue weighted by Gasteiger charge is -2.23. The van der Waals surface area contributed by atoms with Gasteiger partial charge in [0.1, 0.15) is 5.15 Å². The first-order valence-corrected chi connectivity index (χ1v) is 6.49. The summed E-state index contributed by atoms with van der Waals surface area (Å²) in [7, 11) is 0. The monoisotopic (exact) mass is 291 g/mol. The van der Waals surface area contributed by atoms with E-state index in [9.17, 15) is 0 Å². The third-order valence-corrected chi connectivity index (χ3v) is 3.38. The molecule has 0 spiro atoms. The smallest absolute Gasteiger partial charge is 0.317 e. The highest BCUT2D eigenvalue weighted by Gasteiger charge is 2.12. The van der Waals surface area contributed by atoms with E-state index in [2.05, 4.69) is 15.3 Å². The fraction of sp³-hybridized carbons (Fsp3) is 0.667. The molecule has 1 atom stereocenters. The van der Waals surface area contributed by atoms with Crippen molar-refractivity contribution in [2.75, 3.05) is 13.2 Å². The molecule has 0 radical (unpaired) electrons. The van der Waals surface area contributed by atoms with E-state index in [0.717, 1.165) is 18.5 Å². The van der Waals surface area contributed by atoms with Crippen molar-refractivity contribution in [2.24, 2.45) is 0 Å². The Balaban J connectivity index is 0.00000162. The van der Waals surface area contributed by atoms with E-state index in [1.165, 1.54) is 19.3 Å². The molecule has 1 fully saturated rings. The van der Waals surface area contributed by atoms with Crippen LogP contribution in [0, 0.1) is 6.92 Å². The van der Waals surface area contributed by atoms with Crippen LogP contribution in [0.2, 0.25) is 5.15 Å². The molecule has 2 heterocycles. The van der Waals surface area contributed by atoms with Gasteiger partial charge in [0, 0.05) is 17.8 Å². The minimum absolute atomic E-state index is 0. The average Bonchev–Trinajstić information content (AvgIpc) is 2.35. The van der Waals surface area contributed by atoms with E-state index >= 15 is 0 Å². The van der Waals surface area contributed by atoms with E-state index in [1.807, 2.05) is 6.92 Å². The van der Waals surface area contributed by atoms with Crippen LogP contribution in [-0.2, 0) is 0 Å². The van der Waals surface area contributed by atoms with Crippen molar-refractivity contribution in [3.05, 3.63) is 16.9 Å². The molecular weight excluding hydrogens is 273 g/mol. The van der Waals surface area contributed by atoms with Crippen molar-refractivity contribution in [3.8, 4) is 6.01 Å². The van der Waals surface area contributed by atoms with E-state index < -0.39 is 0 Å². The second-order valence-corrected chi connectivity index (χ2v) is 4.77. The number of aromatic nitrogens is 2. The highest BCUT2D eigenvalue weighted by atomic mass is 35.5. The van der Waals surface area contributed by atoms with Gasteiger partial charge in [0.25, 0.3) is 0 Å². The molecule has 102 valence electrons. The van der Waals surface area contributed by atoms with Gasteiger partial charge in [0.15, 0.2) is 0 Å². The van der Waals surface area contributed by atoms with Crippen LogP contribution in [0.25, 0.3) is 0 Å². The van der Waals surface area contributed by atoms with Gasteiger partial charge in [-0.15, -0.1) is 12.4 Å². The average molecular weight is 292 g/mol. The molecule has 0 amide bonds. The number of aryl methyl sites for hydroxylation is 1. The maximum Gasteiger partial charge on any atom is 0.317 e. The summed E-state index contributed by atoms with van der Waals surface area (Å²) >= 11 is 5.90. The van der Waals surface area contributed by atoms with Gasteiger partial charge in [0.2, 0.25) is 0 Å². The Labute approximate surface area is 119 Å². The van der Waals surface area contributed by atoms with Crippen molar-refractivity contribution in [1.82, 2.24) is 15.3 Å². The molecule has 1 aliphatic heterocycles. The van der Waals surface area contributed by atoms with Crippen molar-refractivity contribution >= 4 is 24.0 Å². The summed E-state index contributed by atoms with van der Waals surface area (Å²) in [5.41, 5.74) is 0.868. The van der Waals surface area contributed by atoms with Gasteiger partial charge in [-0.3, -0.25) is 0 Å². The first-order valence-electron chi connectivity index (χ1n) is 6.11. The Kier molecular flexibility index (Phi) is 6.68. The molecule has 1 aliphatic rings. The minimum atomic E-state index is 0. The van der Waals surface area contributed by atoms with Gasteiger partial charge < -0.3 is 10.1 Å². The van der Waals surface area contributed by atoms with Gasteiger partial charge in [-0.2, -0.15) is 4.98 Å². The fourth-order valence-electron chi connectivity index (χ4n) is 1.94. The highest BCUT2D eigenvalue weighted by molar-refractivity contribution is 6.30. The second kappa shape index (κ2) is 7.77. The molecule has 0 aliphatic carbocycles. The van der Waals surface area contributed by atoms with Gasteiger partial charge in [-0.1, -0.05) is 18.0 Å². The summed E-state index contributed by atoms with van der Waals surface area (Å²) in [5.74, 6) is 0. The predicted octanol–water partition coefficient (Wildman–Crippen LogP) is 2.77. The standard InChI is InChI=1S/C12H18ClN3O.ClH/c1-9-8-15-12(16-11(9)13)17-7-5-10-4-2-3-6-14-10;/h8,10,14H,2-7H2,1H3;1H. The Morgan fingerprint density at radius 2 is 2.33 bits per heavy atom. The molecule has 0 aromatic carbocycles. The normalized spacial score (nSPS) is 19.1. The lowest BCUT2D eigenvalue weighted by Crippen LogP contribution is -2.35.